The van der Waals surface area contributed by atoms with E-state index in [4.69, 9.17) is 32.7 Å². The van der Waals surface area contributed by atoms with Gasteiger partial charge in [0.2, 0.25) is 11.8 Å². The molecule has 9 rings (SSSR count). The van der Waals surface area contributed by atoms with Gasteiger partial charge in [0.1, 0.15) is 17.0 Å². The van der Waals surface area contributed by atoms with Crippen LogP contribution < -0.4 is 24.6 Å². The van der Waals surface area contributed by atoms with Gasteiger partial charge in [-0.15, -0.1) is 23.2 Å². The predicted octanol–water partition coefficient (Wildman–Crippen LogP) is 6.78. The first-order valence-electron chi connectivity index (χ1n) is 17.6. The molecule has 9 nitrogen and oxygen atoms in total. The van der Waals surface area contributed by atoms with Crippen molar-refractivity contribution in [3.63, 3.8) is 0 Å². The van der Waals surface area contributed by atoms with E-state index in [1.807, 2.05) is 58.3 Å². The quantitative estimate of drug-likeness (QED) is 0.133. The number of ether oxygens (including phenoxy) is 2. The van der Waals surface area contributed by atoms with Gasteiger partial charge in [0.05, 0.1) is 16.9 Å². The van der Waals surface area contributed by atoms with Gasteiger partial charge < -0.3 is 19.3 Å². The van der Waals surface area contributed by atoms with Gasteiger partial charge in [-0.3, -0.25) is 24.5 Å². The highest BCUT2D eigenvalue weighted by Gasteiger charge is 2.73. The Morgan fingerprint density at radius 2 is 1.24 bits per heavy atom. The zero-order chi connectivity index (χ0) is 35.4. The lowest BCUT2D eigenvalue weighted by Gasteiger charge is -2.41. The first-order chi connectivity index (χ1) is 24.6. The highest BCUT2D eigenvalue weighted by Crippen LogP contribution is 2.63. The summed E-state index contributed by atoms with van der Waals surface area (Å²) < 4.78 is 11.3. The van der Waals surface area contributed by atoms with Crippen LogP contribution in [0.3, 0.4) is 0 Å². The molecule has 0 radical (unpaired) electrons. The molecule has 262 valence electrons. The van der Waals surface area contributed by atoms with Gasteiger partial charge >= 0.3 is 11.9 Å². The van der Waals surface area contributed by atoms with Crippen LogP contribution in [0.4, 0.5) is 11.4 Å². The molecule has 3 fully saturated rings. The molecule has 2 bridgehead atoms. The number of esters is 2. The second kappa shape index (κ2) is 11.7. The number of benzene rings is 4. The maximum absolute atomic E-state index is 15.0. The van der Waals surface area contributed by atoms with Crippen LogP contribution in [0.25, 0.3) is 21.5 Å². The summed E-state index contributed by atoms with van der Waals surface area (Å²) in [6, 6.07) is 19.1. The summed E-state index contributed by atoms with van der Waals surface area (Å²) >= 11 is 13.1. The Kier molecular flexibility index (Phi) is 7.48. The number of carbonyl (C=O) groups excluding carboxylic acids is 4. The molecule has 6 atom stereocenters. The Morgan fingerprint density at radius 1 is 0.745 bits per heavy atom. The van der Waals surface area contributed by atoms with Gasteiger partial charge in [-0.05, 0) is 59.4 Å². The van der Waals surface area contributed by atoms with E-state index in [9.17, 15) is 14.4 Å². The molecule has 5 aliphatic rings. The maximum Gasteiger partial charge on any atom is 0.308 e. The summed E-state index contributed by atoms with van der Waals surface area (Å²) in [6.07, 6.45) is 2.76. The molecule has 4 aromatic rings. The number of hydrogen-bond acceptors (Lipinski definition) is 7. The van der Waals surface area contributed by atoms with Crippen molar-refractivity contribution in [1.82, 2.24) is 5.32 Å². The number of nitrogens with one attached hydrogen (secondary N) is 1. The van der Waals surface area contributed by atoms with Crippen molar-refractivity contribution < 1.29 is 28.7 Å². The molecule has 51 heavy (non-hydrogen) atoms. The number of piperidine rings is 1. The minimum absolute atomic E-state index is 0.0715. The Hall–Kier alpha value is -4.18. The van der Waals surface area contributed by atoms with Crippen molar-refractivity contribution in [3.8, 4) is 11.5 Å². The monoisotopic (exact) mass is 725 g/mol. The van der Waals surface area contributed by atoms with Gasteiger partial charge in [-0.25, -0.2) is 0 Å². The number of fused-ring (bicyclic) bond motifs is 10. The normalized spacial score (nSPS) is 28.4. The number of halogens is 2. The second-order valence-corrected chi connectivity index (χ2v) is 15.5. The summed E-state index contributed by atoms with van der Waals surface area (Å²) in [7, 11) is 0. The molecule has 6 unspecified atom stereocenters. The first-order valence-corrected chi connectivity index (χ1v) is 18.7. The van der Waals surface area contributed by atoms with Gasteiger partial charge in [0, 0.05) is 73.4 Å². The number of rotatable bonds is 6. The number of amides is 2. The van der Waals surface area contributed by atoms with E-state index in [1.54, 1.807) is 12.1 Å². The van der Waals surface area contributed by atoms with Crippen LogP contribution in [0, 0.1) is 11.8 Å². The molecular formula is C40H37Cl2N3O6. The minimum Gasteiger partial charge on any atom is -0.426 e. The number of nitrogens with zero attached hydrogens (tertiary/aromatic N) is 2. The average molecular weight is 727 g/mol. The van der Waals surface area contributed by atoms with Crippen molar-refractivity contribution in [2.24, 2.45) is 11.8 Å². The average Bonchev–Trinajstić information content (AvgIpc) is 3.37. The number of hydrogen-bond donors (Lipinski definition) is 1. The van der Waals surface area contributed by atoms with E-state index in [1.165, 1.54) is 13.8 Å². The van der Waals surface area contributed by atoms with Crippen LogP contribution in [-0.4, -0.2) is 59.7 Å². The summed E-state index contributed by atoms with van der Waals surface area (Å²) in [4.78, 5) is 57.9. The fourth-order valence-electron chi connectivity index (χ4n) is 9.96. The van der Waals surface area contributed by atoms with Crippen LogP contribution in [0.1, 0.15) is 62.5 Å². The highest BCUT2D eigenvalue weighted by molar-refractivity contribution is 6.20. The molecule has 0 spiro atoms. The topological polar surface area (TPSA) is 105 Å². The molecule has 1 N–H and O–H groups in total. The van der Waals surface area contributed by atoms with E-state index in [-0.39, 0.29) is 35.5 Å². The Balaban J connectivity index is 1.09. The summed E-state index contributed by atoms with van der Waals surface area (Å²) in [5, 5.41) is 7.14. The molecule has 1 saturated heterocycles. The SMILES string of the molecule is CC(=O)Oc1cc2c(c3ccccc13)C(CCl)CN2C(=O)C12CCC(C1)C1CC1(C(=O)N1CC(CCl)c3c1cc(OC(C)=O)c1ccccc31)N2. The van der Waals surface area contributed by atoms with E-state index in [2.05, 4.69) is 5.32 Å². The Morgan fingerprint density at radius 3 is 1.73 bits per heavy atom. The molecule has 3 aliphatic heterocycles. The zero-order valence-electron chi connectivity index (χ0n) is 28.3. The van der Waals surface area contributed by atoms with Crippen LogP contribution in [-0.2, 0) is 19.2 Å². The fraction of sp³-hybridized carbons (Fsp3) is 0.400. The third-order valence-corrected chi connectivity index (χ3v) is 12.8. The van der Waals surface area contributed by atoms with Crippen LogP contribution in [0.2, 0.25) is 0 Å². The summed E-state index contributed by atoms with van der Waals surface area (Å²) in [6.45, 7) is 3.53. The van der Waals surface area contributed by atoms with Crippen molar-refractivity contribution in [2.45, 2.75) is 62.4 Å². The van der Waals surface area contributed by atoms with Gasteiger partial charge in [0.15, 0.2) is 0 Å². The largest absolute Gasteiger partial charge is 0.426 e. The molecule has 11 heteroatoms. The lowest BCUT2D eigenvalue weighted by atomic mass is 9.85. The van der Waals surface area contributed by atoms with Gasteiger partial charge in [-0.2, -0.15) is 0 Å². The van der Waals surface area contributed by atoms with E-state index >= 15 is 4.79 Å². The maximum atomic E-state index is 15.0. The Bertz CT molecular complexity index is 2210. The molecule has 2 amide bonds. The fourth-order valence-corrected chi connectivity index (χ4v) is 10.5. The molecule has 4 aromatic carbocycles. The van der Waals surface area contributed by atoms with Gasteiger partial charge in [-0.1, -0.05) is 48.5 Å². The molecular weight excluding hydrogens is 689 g/mol. The van der Waals surface area contributed by atoms with E-state index in [0.29, 0.717) is 67.0 Å². The molecule has 2 saturated carbocycles. The van der Waals surface area contributed by atoms with Gasteiger partial charge in [0.25, 0.3) is 0 Å². The van der Waals surface area contributed by atoms with Crippen molar-refractivity contribution in [1.29, 1.82) is 0 Å². The van der Waals surface area contributed by atoms with E-state index < -0.39 is 23.0 Å². The first kappa shape index (κ1) is 32.7. The van der Waals surface area contributed by atoms with Crippen molar-refractivity contribution in [2.75, 3.05) is 34.6 Å². The standard InChI is InChI=1S/C40H37Cl2N3O6/c1-21(46)50-33-13-31-35(28-9-5-3-7-26(28)33)24(17-41)19-44(31)37(48)39-12-11-23(15-39)30-16-40(30,43-39)38(49)45-20-25(18-42)36-29-10-6-4-8-27(29)34(14-32(36)45)51-22(2)47/h3-10,13-14,23-25,30,43H,11-12,15-20H2,1-2H3. The summed E-state index contributed by atoms with van der Waals surface area (Å²) in [5.74, 6) is 0.526. The van der Waals surface area contributed by atoms with Crippen molar-refractivity contribution >= 4 is 79.9 Å². The number of anilines is 2. The highest BCUT2D eigenvalue weighted by atomic mass is 35.5. The third kappa shape index (κ3) is 4.77. The Labute approximate surface area is 305 Å². The smallest absolute Gasteiger partial charge is 0.308 e. The second-order valence-electron chi connectivity index (χ2n) is 14.9. The van der Waals surface area contributed by atoms with E-state index in [0.717, 1.165) is 39.1 Å². The van der Waals surface area contributed by atoms with Crippen molar-refractivity contribution in [3.05, 3.63) is 71.8 Å². The third-order valence-electron chi connectivity index (χ3n) is 12.0. The lowest BCUT2D eigenvalue weighted by molar-refractivity contribution is -0.132. The van der Waals surface area contributed by atoms with Crippen LogP contribution in [0.5, 0.6) is 11.5 Å². The molecule has 3 heterocycles. The number of alkyl halides is 2. The number of carbonyl (C=O) groups is 4. The molecule has 2 aliphatic carbocycles. The zero-order valence-corrected chi connectivity index (χ0v) is 29.9. The minimum atomic E-state index is -0.945. The van der Waals surface area contributed by atoms with Crippen LogP contribution >= 0.6 is 23.2 Å². The van der Waals surface area contributed by atoms with Crippen LogP contribution in [0.15, 0.2) is 60.7 Å². The predicted molar refractivity (Wildman–Crippen MR) is 196 cm³/mol. The lowest BCUT2D eigenvalue weighted by Crippen LogP contribution is -2.66. The molecule has 0 aromatic heterocycles. The summed E-state index contributed by atoms with van der Waals surface area (Å²) in [5.41, 5.74) is 1.49.